The highest BCUT2D eigenvalue weighted by Crippen LogP contribution is 2.10. The van der Waals surface area contributed by atoms with Gasteiger partial charge in [-0.1, -0.05) is 18.2 Å². The van der Waals surface area contributed by atoms with Gasteiger partial charge >= 0.3 is 0 Å². The van der Waals surface area contributed by atoms with E-state index in [2.05, 4.69) is 5.32 Å². The standard InChI is InChI=1S/C14H12F2N2/c15-12-5-6-13(16)11(7-12)9-18-8-10-3-1-2-4-14(10)17/h1-8,17-18H,9H2/b10-8-,17-14?. The minimum atomic E-state index is -0.464. The fourth-order valence-corrected chi connectivity index (χ4v) is 1.57. The summed E-state index contributed by atoms with van der Waals surface area (Å²) in [4.78, 5) is 0. The monoisotopic (exact) mass is 246 g/mol. The van der Waals surface area contributed by atoms with Gasteiger partial charge in [0.2, 0.25) is 0 Å². The molecule has 0 amide bonds. The summed E-state index contributed by atoms with van der Waals surface area (Å²) in [5.74, 6) is -0.912. The molecule has 4 heteroatoms. The summed E-state index contributed by atoms with van der Waals surface area (Å²) < 4.78 is 26.2. The number of halogens is 2. The molecular formula is C14H12F2N2. The molecule has 2 nitrogen and oxygen atoms in total. The van der Waals surface area contributed by atoms with Crippen molar-refractivity contribution >= 4 is 5.71 Å². The molecule has 0 atom stereocenters. The van der Waals surface area contributed by atoms with E-state index in [1.165, 1.54) is 0 Å². The van der Waals surface area contributed by atoms with E-state index in [1.807, 2.05) is 6.08 Å². The Bertz CT molecular complexity index is 557. The van der Waals surface area contributed by atoms with E-state index in [0.29, 0.717) is 11.3 Å². The lowest BCUT2D eigenvalue weighted by atomic mass is 10.1. The third kappa shape index (κ3) is 2.91. The van der Waals surface area contributed by atoms with E-state index < -0.39 is 11.6 Å². The van der Waals surface area contributed by atoms with Crippen LogP contribution in [0.2, 0.25) is 0 Å². The summed E-state index contributed by atoms with van der Waals surface area (Å²) in [6.45, 7) is 0.178. The average Bonchev–Trinajstić information content (AvgIpc) is 2.36. The van der Waals surface area contributed by atoms with Gasteiger partial charge in [0, 0.05) is 23.9 Å². The zero-order valence-electron chi connectivity index (χ0n) is 9.58. The fourth-order valence-electron chi connectivity index (χ4n) is 1.57. The van der Waals surface area contributed by atoms with Crippen LogP contribution >= 0.6 is 0 Å². The number of allylic oxidation sites excluding steroid dienone is 5. The first-order valence-electron chi connectivity index (χ1n) is 5.48. The zero-order chi connectivity index (χ0) is 13.0. The molecule has 18 heavy (non-hydrogen) atoms. The Kier molecular flexibility index (Phi) is 3.67. The fraction of sp³-hybridized carbons (Fsp3) is 0.0714. The molecule has 1 aromatic carbocycles. The summed E-state index contributed by atoms with van der Waals surface area (Å²) in [6.07, 6.45) is 8.64. The SMILES string of the molecule is N=C1C=CC=C/C1=C/NCc1cc(F)ccc1F. The van der Waals surface area contributed by atoms with Gasteiger partial charge < -0.3 is 10.7 Å². The number of hydrogen-bond acceptors (Lipinski definition) is 2. The quantitative estimate of drug-likeness (QED) is 0.844. The lowest BCUT2D eigenvalue weighted by Gasteiger charge is -2.07. The second kappa shape index (κ2) is 5.40. The molecule has 0 heterocycles. The Balaban J connectivity index is 2.02. The molecule has 1 aromatic rings. The van der Waals surface area contributed by atoms with E-state index in [-0.39, 0.29) is 12.1 Å². The lowest BCUT2D eigenvalue weighted by Crippen LogP contribution is -2.10. The van der Waals surface area contributed by atoms with Crippen LogP contribution < -0.4 is 5.32 Å². The Morgan fingerprint density at radius 1 is 1.17 bits per heavy atom. The third-order valence-electron chi connectivity index (χ3n) is 2.52. The second-order valence-corrected chi connectivity index (χ2v) is 3.85. The maximum atomic E-state index is 13.3. The summed E-state index contributed by atoms with van der Waals surface area (Å²) in [5.41, 5.74) is 1.34. The lowest BCUT2D eigenvalue weighted by molar-refractivity contribution is 0.580. The molecule has 0 bridgehead atoms. The molecule has 0 aromatic heterocycles. The van der Waals surface area contributed by atoms with Crippen molar-refractivity contribution in [1.82, 2.24) is 5.32 Å². The van der Waals surface area contributed by atoms with E-state index >= 15 is 0 Å². The molecule has 0 radical (unpaired) electrons. The van der Waals surface area contributed by atoms with Crippen LogP contribution in [0.3, 0.4) is 0 Å². The van der Waals surface area contributed by atoms with Crippen LogP contribution in [0.5, 0.6) is 0 Å². The van der Waals surface area contributed by atoms with Crippen LogP contribution in [0.1, 0.15) is 5.56 Å². The molecular weight excluding hydrogens is 234 g/mol. The minimum Gasteiger partial charge on any atom is -0.386 e. The Morgan fingerprint density at radius 3 is 2.72 bits per heavy atom. The van der Waals surface area contributed by atoms with Gasteiger partial charge in [-0.3, -0.25) is 0 Å². The summed E-state index contributed by atoms with van der Waals surface area (Å²) in [7, 11) is 0. The van der Waals surface area contributed by atoms with Gasteiger partial charge in [0.1, 0.15) is 11.6 Å². The van der Waals surface area contributed by atoms with E-state index in [4.69, 9.17) is 5.41 Å². The van der Waals surface area contributed by atoms with Crippen molar-refractivity contribution in [3.8, 4) is 0 Å². The van der Waals surface area contributed by atoms with Crippen molar-refractivity contribution in [2.24, 2.45) is 0 Å². The second-order valence-electron chi connectivity index (χ2n) is 3.85. The van der Waals surface area contributed by atoms with Crippen LogP contribution in [0.4, 0.5) is 8.78 Å². The van der Waals surface area contributed by atoms with E-state index in [1.54, 1.807) is 24.4 Å². The first-order chi connectivity index (χ1) is 8.66. The highest BCUT2D eigenvalue weighted by Gasteiger charge is 2.04. The maximum Gasteiger partial charge on any atom is 0.128 e. The smallest absolute Gasteiger partial charge is 0.128 e. The predicted octanol–water partition coefficient (Wildman–Crippen LogP) is 3.08. The molecule has 1 aliphatic rings. The highest BCUT2D eigenvalue weighted by atomic mass is 19.1. The van der Waals surface area contributed by atoms with Crippen molar-refractivity contribution in [1.29, 1.82) is 5.41 Å². The van der Waals surface area contributed by atoms with Gasteiger partial charge in [-0.25, -0.2) is 8.78 Å². The van der Waals surface area contributed by atoms with Crippen LogP contribution in [0.25, 0.3) is 0 Å². The highest BCUT2D eigenvalue weighted by molar-refractivity contribution is 6.09. The first kappa shape index (κ1) is 12.2. The van der Waals surface area contributed by atoms with Gasteiger partial charge in [-0.05, 0) is 24.3 Å². The molecule has 0 spiro atoms. The van der Waals surface area contributed by atoms with Crippen molar-refractivity contribution in [2.45, 2.75) is 6.54 Å². The van der Waals surface area contributed by atoms with E-state index in [9.17, 15) is 8.78 Å². The van der Waals surface area contributed by atoms with Crippen molar-refractivity contribution in [2.75, 3.05) is 0 Å². The normalized spacial score (nSPS) is 16.3. The van der Waals surface area contributed by atoms with Gasteiger partial charge in [-0.15, -0.1) is 0 Å². The van der Waals surface area contributed by atoms with Crippen LogP contribution in [-0.4, -0.2) is 5.71 Å². The predicted molar refractivity (Wildman–Crippen MR) is 67.3 cm³/mol. The molecule has 0 fully saturated rings. The third-order valence-corrected chi connectivity index (χ3v) is 2.52. The Hall–Kier alpha value is -2.23. The maximum absolute atomic E-state index is 13.3. The van der Waals surface area contributed by atoms with Crippen LogP contribution in [0.15, 0.2) is 54.3 Å². The van der Waals surface area contributed by atoms with Crippen LogP contribution in [-0.2, 0) is 6.54 Å². The van der Waals surface area contributed by atoms with Crippen molar-refractivity contribution < 1.29 is 8.78 Å². The number of hydrogen-bond donors (Lipinski definition) is 2. The van der Waals surface area contributed by atoms with Gasteiger partial charge in [0.15, 0.2) is 0 Å². The Morgan fingerprint density at radius 2 is 1.94 bits per heavy atom. The van der Waals surface area contributed by atoms with Crippen LogP contribution in [0, 0.1) is 17.0 Å². The first-order valence-corrected chi connectivity index (χ1v) is 5.48. The topological polar surface area (TPSA) is 35.9 Å². The summed E-state index contributed by atoms with van der Waals surface area (Å²) in [6, 6.07) is 3.34. The molecule has 0 aliphatic heterocycles. The molecule has 2 rings (SSSR count). The van der Waals surface area contributed by atoms with E-state index in [0.717, 1.165) is 18.2 Å². The minimum absolute atomic E-state index is 0.178. The molecule has 92 valence electrons. The van der Waals surface area contributed by atoms with Crippen molar-refractivity contribution in [3.05, 3.63) is 71.5 Å². The molecule has 0 saturated carbocycles. The molecule has 0 unspecified atom stereocenters. The zero-order valence-corrected chi connectivity index (χ0v) is 9.58. The molecule has 0 saturated heterocycles. The molecule has 2 N–H and O–H groups in total. The average molecular weight is 246 g/mol. The Labute approximate surface area is 104 Å². The number of benzene rings is 1. The number of nitrogens with one attached hydrogen (secondary N) is 2. The molecule has 1 aliphatic carbocycles. The summed E-state index contributed by atoms with van der Waals surface area (Å²) in [5, 5.41) is 10.5. The van der Waals surface area contributed by atoms with Crippen molar-refractivity contribution in [3.63, 3.8) is 0 Å². The van der Waals surface area contributed by atoms with Gasteiger partial charge in [0.25, 0.3) is 0 Å². The summed E-state index contributed by atoms with van der Waals surface area (Å²) >= 11 is 0. The largest absolute Gasteiger partial charge is 0.386 e. The van der Waals surface area contributed by atoms with Gasteiger partial charge in [-0.2, -0.15) is 0 Å². The number of rotatable bonds is 3. The van der Waals surface area contributed by atoms with Gasteiger partial charge in [0.05, 0.1) is 5.71 Å².